The Morgan fingerprint density at radius 2 is 1.96 bits per heavy atom. The highest BCUT2D eigenvalue weighted by Gasteiger charge is 2.26. The van der Waals surface area contributed by atoms with Crippen molar-refractivity contribution in [3.8, 4) is 0 Å². The Kier molecular flexibility index (Phi) is 7.24. The van der Waals surface area contributed by atoms with E-state index in [0.29, 0.717) is 10.6 Å². The third-order valence-electron chi connectivity index (χ3n) is 4.04. The van der Waals surface area contributed by atoms with Crippen LogP contribution >= 0.6 is 11.8 Å². The quantitative estimate of drug-likeness (QED) is 0.475. The van der Waals surface area contributed by atoms with Crippen LogP contribution in [0.25, 0.3) is 0 Å². The van der Waals surface area contributed by atoms with Gasteiger partial charge in [-0.3, -0.25) is 19.7 Å². The lowest BCUT2D eigenvalue weighted by Crippen LogP contribution is -2.49. The van der Waals surface area contributed by atoms with Crippen molar-refractivity contribution in [2.45, 2.75) is 43.5 Å². The van der Waals surface area contributed by atoms with Gasteiger partial charge in [0.1, 0.15) is 6.04 Å². The summed E-state index contributed by atoms with van der Waals surface area (Å²) in [5, 5.41) is 13.6. The van der Waals surface area contributed by atoms with Gasteiger partial charge in [0.2, 0.25) is 11.8 Å². The Balaban J connectivity index is 2.04. The maximum absolute atomic E-state index is 12.8. The number of nitrogens with one attached hydrogen (secondary N) is 1. The number of non-ortho nitro benzene ring substituents is 1. The molecule has 1 aromatic carbocycles. The van der Waals surface area contributed by atoms with Gasteiger partial charge in [-0.1, -0.05) is 18.9 Å². The van der Waals surface area contributed by atoms with Crippen LogP contribution in [0.5, 0.6) is 0 Å². The highest BCUT2D eigenvalue weighted by atomic mass is 32.2. The van der Waals surface area contributed by atoms with Crippen LogP contribution in [0, 0.1) is 10.1 Å². The fourth-order valence-electron chi connectivity index (χ4n) is 2.80. The molecule has 7 nitrogen and oxygen atoms in total. The normalized spacial score (nSPS) is 16.0. The SMILES string of the molecule is CC(=O)NC(CSc1cccc([N+](=O)[O-])c1)C(=O)N1CCCCCC1. The molecule has 1 unspecified atom stereocenters. The molecule has 1 N–H and O–H groups in total. The number of hydrogen-bond acceptors (Lipinski definition) is 5. The summed E-state index contributed by atoms with van der Waals surface area (Å²) in [6, 6.07) is 5.66. The molecule has 0 aromatic heterocycles. The lowest BCUT2D eigenvalue weighted by atomic mass is 10.2. The Morgan fingerprint density at radius 3 is 2.56 bits per heavy atom. The predicted octanol–water partition coefficient (Wildman–Crippen LogP) is 2.59. The molecular formula is C17H23N3O4S. The zero-order valence-electron chi connectivity index (χ0n) is 14.3. The summed E-state index contributed by atoms with van der Waals surface area (Å²) >= 11 is 1.33. The molecule has 8 heteroatoms. The van der Waals surface area contributed by atoms with E-state index in [1.165, 1.54) is 30.8 Å². The molecule has 1 fully saturated rings. The summed E-state index contributed by atoms with van der Waals surface area (Å²) < 4.78 is 0. The highest BCUT2D eigenvalue weighted by Crippen LogP contribution is 2.24. The molecule has 0 saturated carbocycles. The molecule has 0 aliphatic carbocycles. The van der Waals surface area contributed by atoms with E-state index < -0.39 is 11.0 Å². The first kappa shape index (κ1) is 19.2. The van der Waals surface area contributed by atoms with Crippen molar-refractivity contribution in [3.05, 3.63) is 34.4 Å². The van der Waals surface area contributed by atoms with Gasteiger partial charge in [-0.15, -0.1) is 11.8 Å². The van der Waals surface area contributed by atoms with Crippen LogP contribution in [-0.2, 0) is 9.59 Å². The zero-order chi connectivity index (χ0) is 18.2. The van der Waals surface area contributed by atoms with Gasteiger partial charge in [0, 0.05) is 42.8 Å². The second kappa shape index (κ2) is 9.41. The number of carbonyl (C=O) groups is 2. The van der Waals surface area contributed by atoms with E-state index in [1.54, 1.807) is 12.1 Å². The first-order valence-electron chi connectivity index (χ1n) is 8.40. The minimum atomic E-state index is -0.625. The molecule has 1 saturated heterocycles. The fourth-order valence-corrected chi connectivity index (χ4v) is 3.76. The van der Waals surface area contributed by atoms with Gasteiger partial charge >= 0.3 is 0 Å². The smallest absolute Gasteiger partial charge is 0.270 e. The zero-order valence-corrected chi connectivity index (χ0v) is 15.1. The van der Waals surface area contributed by atoms with Crippen molar-refractivity contribution in [3.63, 3.8) is 0 Å². The van der Waals surface area contributed by atoms with Gasteiger partial charge in [0.15, 0.2) is 0 Å². The van der Waals surface area contributed by atoms with E-state index in [1.807, 2.05) is 4.90 Å². The number of carbonyl (C=O) groups excluding carboxylic acids is 2. The molecule has 1 aliphatic heterocycles. The number of nitro groups is 1. The number of likely N-dealkylation sites (tertiary alicyclic amines) is 1. The maximum Gasteiger partial charge on any atom is 0.270 e. The summed E-state index contributed by atoms with van der Waals surface area (Å²) in [6.45, 7) is 2.83. The van der Waals surface area contributed by atoms with Crippen LogP contribution in [0.3, 0.4) is 0 Å². The van der Waals surface area contributed by atoms with Gasteiger partial charge in [-0.05, 0) is 18.9 Å². The Labute approximate surface area is 151 Å². The molecule has 136 valence electrons. The van der Waals surface area contributed by atoms with Crippen molar-refractivity contribution in [1.29, 1.82) is 0 Å². The first-order valence-corrected chi connectivity index (χ1v) is 9.39. The van der Waals surface area contributed by atoms with Gasteiger partial charge in [-0.2, -0.15) is 0 Å². The molecule has 0 bridgehead atoms. The van der Waals surface area contributed by atoms with E-state index in [2.05, 4.69) is 5.32 Å². The average molecular weight is 365 g/mol. The predicted molar refractivity (Wildman–Crippen MR) is 96.5 cm³/mol. The molecular weight excluding hydrogens is 342 g/mol. The molecule has 1 heterocycles. The Hall–Kier alpha value is -2.09. The summed E-state index contributed by atoms with van der Waals surface area (Å²) in [5.41, 5.74) is 0.0138. The number of benzene rings is 1. The molecule has 1 aliphatic rings. The van der Waals surface area contributed by atoms with Crippen LogP contribution in [0.1, 0.15) is 32.6 Å². The molecule has 1 atom stereocenters. The Bertz CT molecular complexity index is 630. The van der Waals surface area contributed by atoms with Gasteiger partial charge in [0.05, 0.1) is 4.92 Å². The van der Waals surface area contributed by atoms with Gasteiger partial charge < -0.3 is 10.2 Å². The number of amides is 2. The second-order valence-electron chi connectivity index (χ2n) is 6.06. The van der Waals surface area contributed by atoms with Gasteiger partial charge in [-0.25, -0.2) is 0 Å². The monoisotopic (exact) mass is 365 g/mol. The van der Waals surface area contributed by atoms with Crippen molar-refractivity contribution >= 4 is 29.3 Å². The molecule has 0 radical (unpaired) electrons. The highest BCUT2D eigenvalue weighted by molar-refractivity contribution is 7.99. The van der Waals surface area contributed by atoms with Crippen LogP contribution in [0.2, 0.25) is 0 Å². The molecule has 1 aromatic rings. The lowest BCUT2D eigenvalue weighted by Gasteiger charge is -2.26. The number of nitro benzene ring substituents is 1. The Morgan fingerprint density at radius 1 is 1.28 bits per heavy atom. The number of thioether (sulfide) groups is 1. The largest absolute Gasteiger partial charge is 0.344 e. The first-order chi connectivity index (χ1) is 12.0. The minimum Gasteiger partial charge on any atom is -0.344 e. The van der Waals surface area contributed by atoms with Crippen LogP contribution in [-0.4, -0.2) is 46.5 Å². The summed E-state index contributed by atoms with van der Waals surface area (Å²) in [4.78, 5) is 37.2. The van der Waals surface area contributed by atoms with E-state index >= 15 is 0 Å². The second-order valence-corrected chi connectivity index (χ2v) is 7.15. The van der Waals surface area contributed by atoms with Crippen molar-refractivity contribution in [2.75, 3.05) is 18.8 Å². The molecule has 25 heavy (non-hydrogen) atoms. The number of nitrogens with zero attached hydrogens (tertiary/aromatic N) is 2. The topological polar surface area (TPSA) is 92.5 Å². The van der Waals surface area contributed by atoms with Crippen LogP contribution in [0.4, 0.5) is 5.69 Å². The third-order valence-corrected chi connectivity index (χ3v) is 5.13. The van der Waals surface area contributed by atoms with Crippen LogP contribution in [0.15, 0.2) is 29.2 Å². The standard InChI is InChI=1S/C17H23N3O4S/c1-13(21)18-16(17(22)19-9-4-2-3-5-10-19)12-25-15-8-6-7-14(11-15)20(23)24/h6-8,11,16H,2-5,9-10,12H2,1H3,(H,18,21). The average Bonchev–Trinajstić information content (AvgIpc) is 2.87. The van der Waals surface area contributed by atoms with E-state index in [-0.39, 0.29) is 17.5 Å². The summed E-state index contributed by atoms with van der Waals surface area (Å²) in [6.07, 6.45) is 4.21. The van der Waals surface area contributed by atoms with Crippen molar-refractivity contribution in [2.24, 2.45) is 0 Å². The maximum atomic E-state index is 12.8. The summed E-state index contributed by atoms with van der Waals surface area (Å²) in [5.74, 6) is 0.0126. The fraction of sp³-hybridized carbons (Fsp3) is 0.529. The molecule has 2 rings (SSSR count). The third kappa shape index (κ3) is 6.04. The number of hydrogen-bond donors (Lipinski definition) is 1. The van der Waals surface area contributed by atoms with Gasteiger partial charge in [0.25, 0.3) is 5.69 Å². The van der Waals surface area contributed by atoms with Crippen molar-refractivity contribution < 1.29 is 14.5 Å². The van der Waals surface area contributed by atoms with E-state index in [9.17, 15) is 19.7 Å². The number of rotatable bonds is 6. The van der Waals surface area contributed by atoms with E-state index in [0.717, 1.165) is 38.8 Å². The van der Waals surface area contributed by atoms with Crippen molar-refractivity contribution in [1.82, 2.24) is 10.2 Å². The van der Waals surface area contributed by atoms with E-state index in [4.69, 9.17) is 0 Å². The molecule has 2 amide bonds. The summed E-state index contributed by atoms with van der Waals surface area (Å²) in [7, 11) is 0. The minimum absolute atomic E-state index is 0.0138. The lowest BCUT2D eigenvalue weighted by molar-refractivity contribution is -0.385. The van der Waals surface area contributed by atoms with Crippen LogP contribution < -0.4 is 5.32 Å². The molecule has 0 spiro atoms.